The van der Waals surface area contributed by atoms with Gasteiger partial charge < -0.3 is 5.73 Å². The first-order valence-electron chi connectivity index (χ1n) is 5.06. The van der Waals surface area contributed by atoms with E-state index in [0.29, 0.717) is 6.54 Å². The van der Waals surface area contributed by atoms with Gasteiger partial charge in [0, 0.05) is 23.5 Å². The molecular weight excluding hydrogens is 268 g/mol. The van der Waals surface area contributed by atoms with E-state index < -0.39 is 0 Å². The van der Waals surface area contributed by atoms with Crippen LogP contribution in [-0.2, 0) is 13.5 Å². The molecule has 5 heteroatoms. The molecule has 0 bridgehead atoms. The van der Waals surface area contributed by atoms with E-state index in [1.54, 1.807) is 4.68 Å². The summed E-state index contributed by atoms with van der Waals surface area (Å²) in [4.78, 5) is 4.46. The first-order valence-corrected chi connectivity index (χ1v) is 5.86. The van der Waals surface area contributed by atoms with Crippen molar-refractivity contribution in [2.75, 3.05) is 6.54 Å². The van der Waals surface area contributed by atoms with Crippen LogP contribution < -0.4 is 5.73 Å². The number of aromatic nitrogens is 3. The Labute approximate surface area is 103 Å². The highest BCUT2D eigenvalue weighted by Gasteiger charge is 2.07. The second-order valence-corrected chi connectivity index (χ2v) is 4.44. The molecule has 1 heterocycles. The van der Waals surface area contributed by atoms with Crippen LogP contribution in [-0.4, -0.2) is 21.3 Å². The Kier molecular flexibility index (Phi) is 3.36. The van der Waals surface area contributed by atoms with Gasteiger partial charge in [-0.3, -0.25) is 4.68 Å². The van der Waals surface area contributed by atoms with Crippen LogP contribution in [0.15, 0.2) is 28.7 Å². The topological polar surface area (TPSA) is 56.7 Å². The molecule has 84 valence electrons. The Balaban J connectivity index is 2.33. The summed E-state index contributed by atoms with van der Waals surface area (Å²) >= 11 is 3.40. The van der Waals surface area contributed by atoms with E-state index in [2.05, 4.69) is 26.0 Å². The van der Waals surface area contributed by atoms with Gasteiger partial charge in [-0.2, -0.15) is 5.10 Å². The molecule has 0 radical (unpaired) electrons. The van der Waals surface area contributed by atoms with Crippen molar-refractivity contribution < 1.29 is 0 Å². The molecule has 16 heavy (non-hydrogen) atoms. The predicted octanol–water partition coefficient (Wildman–Crippen LogP) is 1.75. The lowest BCUT2D eigenvalue weighted by molar-refractivity contribution is 0.697. The molecule has 0 saturated heterocycles. The number of hydrogen-bond donors (Lipinski definition) is 1. The molecule has 4 nitrogen and oxygen atoms in total. The Hall–Kier alpha value is -1.20. The van der Waals surface area contributed by atoms with Gasteiger partial charge in [0.15, 0.2) is 5.82 Å². The maximum atomic E-state index is 5.51. The third kappa shape index (κ3) is 2.31. The van der Waals surface area contributed by atoms with E-state index in [4.69, 9.17) is 5.73 Å². The van der Waals surface area contributed by atoms with E-state index in [0.717, 1.165) is 28.1 Å². The fourth-order valence-electron chi connectivity index (χ4n) is 1.48. The van der Waals surface area contributed by atoms with E-state index in [1.165, 1.54) is 0 Å². The summed E-state index contributed by atoms with van der Waals surface area (Å²) < 4.78 is 2.83. The van der Waals surface area contributed by atoms with Crippen molar-refractivity contribution in [3.63, 3.8) is 0 Å². The van der Waals surface area contributed by atoms with Gasteiger partial charge in [0.25, 0.3) is 0 Å². The SMILES string of the molecule is Cn1nc(-c2ccc(Br)cc2)nc1CCN. The van der Waals surface area contributed by atoms with E-state index in [-0.39, 0.29) is 0 Å². The van der Waals surface area contributed by atoms with Crippen LogP contribution in [0.5, 0.6) is 0 Å². The molecule has 0 aliphatic heterocycles. The van der Waals surface area contributed by atoms with Crippen molar-refractivity contribution in [2.45, 2.75) is 6.42 Å². The van der Waals surface area contributed by atoms with Crippen molar-refractivity contribution in [1.29, 1.82) is 0 Å². The summed E-state index contributed by atoms with van der Waals surface area (Å²) in [6.45, 7) is 0.590. The zero-order chi connectivity index (χ0) is 11.5. The van der Waals surface area contributed by atoms with Gasteiger partial charge in [-0.1, -0.05) is 28.1 Å². The average molecular weight is 281 g/mol. The monoisotopic (exact) mass is 280 g/mol. The molecule has 0 aliphatic rings. The second-order valence-electron chi connectivity index (χ2n) is 3.52. The predicted molar refractivity (Wildman–Crippen MR) is 66.9 cm³/mol. The van der Waals surface area contributed by atoms with Crippen molar-refractivity contribution in [3.8, 4) is 11.4 Å². The van der Waals surface area contributed by atoms with Crippen molar-refractivity contribution in [3.05, 3.63) is 34.6 Å². The van der Waals surface area contributed by atoms with Gasteiger partial charge in [-0.15, -0.1) is 0 Å². The van der Waals surface area contributed by atoms with E-state index >= 15 is 0 Å². The normalized spacial score (nSPS) is 10.7. The van der Waals surface area contributed by atoms with Gasteiger partial charge in [0.2, 0.25) is 0 Å². The number of hydrogen-bond acceptors (Lipinski definition) is 3. The van der Waals surface area contributed by atoms with Crippen molar-refractivity contribution in [2.24, 2.45) is 12.8 Å². The van der Waals surface area contributed by atoms with E-state index in [9.17, 15) is 0 Å². The molecule has 2 aromatic rings. The molecule has 1 aromatic carbocycles. The van der Waals surface area contributed by atoms with Crippen LogP contribution in [0, 0.1) is 0 Å². The molecule has 2 rings (SSSR count). The molecule has 1 aromatic heterocycles. The third-order valence-electron chi connectivity index (χ3n) is 2.32. The molecule has 0 atom stereocenters. The summed E-state index contributed by atoms with van der Waals surface area (Å²) in [5, 5.41) is 4.36. The number of rotatable bonds is 3. The molecule has 2 N–H and O–H groups in total. The second kappa shape index (κ2) is 4.76. The molecule has 0 amide bonds. The minimum Gasteiger partial charge on any atom is -0.330 e. The summed E-state index contributed by atoms with van der Waals surface area (Å²) in [5.74, 6) is 1.67. The summed E-state index contributed by atoms with van der Waals surface area (Å²) in [5.41, 5.74) is 6.53. The Bertz CT molecular complexity index is 475. The van der Waals surface area contributed by atoms with Crippen LogP contribution in [0.4, 0.5) is 0 Å². The minimum absolute atomic E-state index is 0.590. The smallest absolute Gasteiger partial charge is 0.181 e. The largest absolute Gasteiger partial charge is 0.330 e. The number of aryl methyl sites for hydroxylation is 1. The van der Waals surface area contributed by atoms with Crippen molar-refractivity contribution in [1.82, 2.24) is 14.8 Å². The maximum absolute atomic E-state index is 5.51. The fraction of sp³-hybridized carbons (Fsp3) is 0.273. The van der Waals surface area contributed by atoms with Crippen LogP contribution in [0.1, 0.15) is 5.82 Å². The quantitative estimate of drug-likeness (QED) is 0.932. The molecule has 0 spiro atoms. The molecule has 0 aliphatic carbocycles. The summed E-state index contributed by atoms with van der Waals surface area (Å²) in [7, 11) is 1.89. The number of nitrogens with two attached hydrogens (primary N) is 1. The van der Waals surface area contributed by atoms with Crippen LogP contribution in [0.3, 0.4) is 0 Å². The Morgan fingerprint density at radius 2 is 2.00 bits per heavy atom. The first kappa shape index (κ1) is 11.3. The van der Waals surface area contributed by atoms with Gasteiger partial charge >= 0.3 is 0 Å². The minimum atomic E-state index is 0.590. The van der Waals surface area contributed by atoms with Crippen molar-refractivity contribution >= 4 is 15.9 Å². The zero-order valence-corrected chi connectivity index (χ0v) is 10.6. The lowest BCUT2D eigenvalue weighted by Crippen LogP contribution is -2.08. The third-order valence-corrected chi connectivity index (χ3v) is 2.85. The molecular formula is C11H13BrN4. The molecule has 0 unspecified atom stereocenters. The maximum Gasteiger partial charge on any atom is 0.181 e. The molecule has 0 fully saturated rings. The lowest BCUT2D eigenvalue weighted by atomic mass is 10.2. The standard InChI is InChI=1S/C11H13BrN4/c1-16-10(6-7-13)14-11(15-16)8-2-4-9(12)5-3-8/h2-5H,6-7,13H2,1H3. The highest BCUT2D eigenvalue weighted by atomic mass is 79.9. The summed E-state index contributed by atoms with van der Waals surface area (Å²) in [6.07, 6.45) is 0.750. The van der Waals surface area contributed by atoms with Gasteiger partial charge in [-0.25, -0.2) is 4.98 Å². The van der Waals surface area contributed by atoms with Gasteiger partial charge in [0.1, 0.15) is 5.82 Å². The number of nitrogens with zero attached hydrogens (tertiary/aromatic N) is 3. The summed E-state index contributed by atoms with van der Waals surface area (Å²) in [6, 6.07) is 7.94. The average Bonchev–Trinajstić information content (AvgIpc) is 2.62. The van der Waals surface area contributed by atoms with Gasteiger partial charge in [-0.05, 0) is 18.7 Å². The highest BCUT2D eigenvalue weighted by Crippen LogP contribution is 2.18. The number of halogens is 1. The Morgan fingerprint density at radius 1 is 1.31 bits per heavy atom. The Morgan fingerprint density at radius 3 is 2.62 bits per heavy atom. The molecule has 0 saturated carbocycles. The van der Waals surface area contributed by atoms with Crippen LogP contribution >= 0.6 is 15.9 Å². The van der Waals surface area contributed by atoms with Crippen LogP contribution in [0.25, 0.3) is 11.4 Å². The zero-order valence-electron chi connectivity index (χ0n) is 9.02. The van der Waals surface area contributed by atoms with E-state index in [1.807, 2.05) is 31.3 Å². The van der Waals surface area contributed by atoms with Gasteiger partial charge in [0.05, 0.1) is 0 Å². The fourth-order valence-corrected chi connectivity index (χ4v) is 1.75. The number of benzene rings is 1. The lowest BCUT2D eigenvalue weighted by Gasteiger charge is -1.94. The first-order chi connectivity index (χ1) is 7.70. The highest BCUT2D eigenvalue weighted by molar-refractivity contribution is 9.10. The van der Waals surface area contributed by atoms with Crippen LogP contribution in [0.2, 0.25) is 0 Å².